The molecule has 0 spiro atoms. The summed E-state index contributed by atoms with van der Waals surface area (Å²) < 4.78 is 27.2. The molecular formula is C25H27N3O3S. The van der Waals surface area contributed by atoms with Crippen molar-refractivity contribution in [1.82, 2.24) is 10.0 Å². The standard InChI is InChI=1S/C25H27N3O3S/c1-19(27-32(30,31)23-8-3-2-4-9-23)25(29)26-17-20-11-13-21(14-12-20)18-28-16-15-22-7-5-6-10-24(22)28/h2-14,19,27H,15-18H2,1H3,(H,26,29)/t19-/m0/s1. The second-order valence-electron chi connectivity index (χ2n) is 7.99. The van der Waals surface area contributed by atoms with Crippen molar-refractivity contribution in [3.63, 3.8) is 0 Å². The summed E-state index contributed by atoms with van der Waals surface area (Å²) >= 11 is 0. The van der Waals surface area contributed by atoms with Crippen LogP contribution >= 0.6 is 0 Å². The predicted molar refractivity (Wildman–Crippen MR) is 126 cm³/mol. The maximum Gasteiger partial charge on any atom is 0.241 e. The van der Waals surface area contributed by atoms with Gasteiger partial charge in [0.1, 0.15) is 0 Å². The van der Waals surface area contributed by atoms with Gasteiger partial charge in [-0.3, -0.25) is 4.79 Å². The molecule has 166 valence electrons. The van der Waals surface area contributed by atoms with E-state index in [0.29, 0.717) is 6.54 Å². The fraction of sp³-hybridized carbons (Fsp3) is 0.240. The minimum absolute atomic E-state index is 0.135. The average Bonchev–Trinajstić information content (AvgIpc) is 3.21. The molecule has 1 amide bonds. The zero-order chi connectivity index (χ0) is 22.6. The minimum atomic E-state index is -3.74. The van der Waals surface area contributed by atoms with Gasteiger partial charge in [0.2, 0.25) is 15.9 Å². The van der Waals surface area contributed by atoms with Gasteiger partial charge in [0, 0.05) is 25.3 Å². The van der Waals surface area contributed by atoms with Crippen LogP contribution in [0.4, 0.5) is 5.69 Å². The molecule has 0 radical (unpaired) electrons. The van der Waals surface area contributed by atoms with Gasteiger partial charge in [-0.1, -0.05) is 60.7 Å². The van der Waals surface area contributed by atoms with Gasteiger partial charge in [-0.2, -0.15) is 4.72 Å². The predicted octanol–water partition coefficient (Wildman–Crippen LogP) is 3.23. The Morgan fingerprint density at radius 1 is 0.938 bits per heavy atom. The number of fused-ring (bicyclic) bond motifs is 1. The van der Waals surface area contributed by atoms with Crippen LogP contribution in [-0.2, 0) is 34.3 Å². The van der Waals surface area contributed by atoms with Crippen LogP contribution in [0.3, 0.4) is 0 Å². The molecule has 0 aromatic heterocycles. The molecular weight excluding hydrogens is 422 g/mol. The highest BCUT2D eigenvalue weighted by Crippen LogP contribution is 2.28. The molecule has 2 N–H and O–H groups in total. The van der Waals surface area contributed by atoms with Gasteiger partial charge in [-0.15, -0.1) is 0 Å². The lowest BCUT2D eigenvalue weighted by atomic mass is 10.1. The molecule has 0 bridgehead atoms. The van der Waals surface area contributed by atoms with Crippen molar-refractivity contribution in [2.45, 2.75) is 37.4 Å². The summed E-state index contributed by atoms with van der Waals surface area (Å²) in [7, 11) is -3.74. The molecule has 6 nitrogen and oxygen atoms in total. The lowest BCUT2D eigenvalue weighted by Crippen LogP contribution is -2.44. The Kier molecular flexibility index (Phi) is 6.58. The van der Waals surface area contributed by atoms with Gasteiger partial charge in [0.15, 0.2) is 0 Å². The third kappa shape index (κ3) is 5.18. The molecule has 0 fully saturated rings. The van der Waals surface area contributed by atoms with Crippen molar-refractivity contribution in [3.8, 4) is 0 Å². The summed E-state index contributed by atoms with van der Waals surface area (Å²) in [5.41, 5.74) is 4.86. The lowest BCUT2D eigenvalue weighted by Gasteiger charge is -2.19. The Labute approximate surface area is 189 Å². The molecule has 7 heteroatoms. The fourth-order valence-electron chi connectivity index (χ4n) is 3.85. The van der Waals surface area contributed by atoms with Crippen molar-refractivity contribution in [2.75, 3.05) is 11.4 Å². The van der Waals surface area contributed by atoms with Crippen molar-refractivity contribution >= 4 is 21.6 Å². The van der Waals surface area contributed by atoms with Gasteiger partial charge in [-0.25, -0.2) is 8.42 Å². The Morgan fingerprint density at radius 3 is 2.34 bits per heavy atom. The van der Waals surface area contributed by atoms with Gasteiger partial charge in [-0.05, 0) is 48.2 Å². The maximum atomic E-state index is 12.4. The van der Waals surface area contributed by atoms with Gasteiger partial charge >= 0.3 is 0 Å². The molecule has 1 atom stereocenters. The number of para-hydroxylation sites is 1. The molecule has 3 aromatic carbocycles. The van der Waals surface area contributed by atoms with Crippen LogP contribution in [0.5, 0.6) is 0 Å². The van der Waals surface area contributed by atoms with E-state index in [1.165, 1.54) is 35.9 Å². The highest BCUT2D eigenvalue weighted by molar-refractivity contribution is 7.89. The van der Waals surface area contributed by atoms with Crippen LogP contribution in [0.25, 0.3) is 0 Å². The number of anilines is 1. The Bertz CT molecular complexity index is 1180. The first-order chi connectivity index (χ1) is 15.4. The first kappa shape index (κ1) is 22.0. The quantitative estimate of drug-likeness (QED) is 0.554. The van der Waals surface area contributed by atoms with Crippen LogP contribution < -0.4 is 14.9 Å². The van der Waals surface area contributed by atoms with Crippen molar-refractivity contribution in [2.24, 2.45) is 0 Å². The minimum Gasteiger partial charge on any atom is -0.367 e. The van der Waals surface area contributed by atoms with Crippen LogP contribution in [0.15, 0.2) is 83.8 Å². The molecule has 4 rings (SSSR count). The number of sulfonamides is 1. The van der Waals surface area contributed by atoms with Gasteiger partial charge < -0.3 is 10.2 Å². The van der Waals surface area contributed by atoms with Gasteiger partial charge in [0.25, 0.3) is 0 Å². The third-order valence-corrected chi connectivity index (χ3v) is 7.18. The van der Waals surface area contributed by atoms with E-state index in [-0.39, 0.29) is 10.8 Å². The van der Waals surface area contributed by atoms with Crippen LogP contribution in [0.1, 0.15) is 23.6 Å². The molecule has 0 unspecified atom stereocenters. The van der Waals surface area contributed by atoms with E-state index < -0.39 is 16.1 Å². The summed E-state index contributed by atoms with van der Waals surface area (Å²) in [6.45, 7) is 3.74. The summed E-state index contributed by atoms with van der Waals surface area (Å²) in [6.07, 6.45) is 1.08. The normalized spacial score (nSPS) is 14.1. The van der Waals surface area contributed by atoms with Crippen molar-refractivity contribution in [1.29, 1.82) is 0 Å². The number of carbonyl (C=O) groups excluding carboxylic acids is 1. The molecule has 3 aromatic rings. The SMILES string of the molecule is C[C@H](NS(=O)(=O)c1ccccc1)C(=O)NCc1ccc(CN2CCc3ccccc32)cc1. The summed E-state index contributed by atoms with van der Waals surface area (Å²) in [5.74, 6) is -0.373. The van der Waals surface area contributed by atoms with Crippen molar-refractivity contribution in [3.05, 3.63) is 95.6 Å². The van der Waals surface area contributed by atoms with E-state index in [9.17, 15) is 13.2 Å². The number of hydrogen-bond acceptors (Lipinski definition) is 4. The van der Waals surface area contributed by atoms with E-state index in [2.05, 4.69) is 51.3 Å². The zero-order valence-corrected chi connectivity index (χ0v) is 18.8. The highest BCUT2D eigenvalue weighted by atomic mass is 32.2. The molecule has 1 heterocycles. The molecule has 0 aliphatic carbocycles. The smallest absolute Gasteiger partial charge is 0.241 e. The average molecular weight is 450 g/mol. The first-order valence-corrected chi connectivity index (χ1v) is 12.2. The number of amides is 1. The second kappa shape index (κ2) is 9.54. The number of rotatable bonds is 8. The van der Waals surface area contributed by atoms with E-state index >= 15 is 0 Å². The summed E-state index contributed by atoms with van der Waals surface area (Å²) in [4.78, 5) is 14.9. The second-order valence-corrected chi connectivity index (χ2v) is 9.70. The molecule has 1 aliphatic rings. The first-order valence-electron chi connectivity index (χ1n) is 10.7. The van der Waals surface area contributed by atoms with Crippen LogP contribution in [0.2, 0.25) is 0 Å². The Morgan fingerprint density at radius 2 is 1.59 bits per heavy atom. The van der Waals surface area contributed by atoms with E-state index in [0.717, 1.165) is 25.1 Å². The lowest BCUT2D eigenvalue weighted by molar-refractivity contribution is -0.122. The van der Waals surface area contributed by atoms with Crippen LogP contribution in [0, 0.1) is 0 Å². The van der Waals surface area contributed by atoms with Gasteiger partial charge in [0.05, 0.1) is 10.9 Å². The molecule has 32 heavy (non-hydrogen) atoms. The monoisotopic (exact) mass is 449 g/mol. The Hall–Kier alpha value is -3.16. The third-order valence-electron chi connectivity index (χ3n) is 5.63. The summed E-state index contributed by atoms with van der Waals surface area (Å²) in [6, 6.07) is 23.8. The number of nitrogens with one attached hydrogen (secondary N) is 2. The van der Waals surface area contributed by atoms with Crippen LogP contribution in [-0.4, -0.2) is 26.9 Å². The summed E-state index contributed by atoms with van der Waals surface area (Å²) in [5, 5.41) is 2.80. The maximum absolute atomic E-state index is 12.4. The molecule has 0 saturated carbocycles. The fourth-order valence-corrected chi connectivity index (χ4v) is 5.07. The molecule has 0 saturated heterocycles. The largest absolute Gasteiger partial charge is 0.367 e. The number of benzene rings is 3. The zero-order valence-electron chi connectivity index (χ0n) is 18.0. The topological polar surface area (TPSA) is 78.5 Å². The van der Waals surface area contributed by atoms with Crippen molar-refractivity contribution < 1.29 is 13.2 Å². The van der Waals surface area contributed by atoms with E-state index in [1.807, 2.05) is 12.1 Å². The molecule has 1 aliphatic heterocycles. The van der Waals surface area contributed by atoms with E-state index in [1.54, 1.807) is 18.2 Å². The number of hydrogen-bond donors (Lipinski definition) is 2. The Balaban J connectivity index is 1.29. The number of nitrogens with zero attached hydrogens (tertiary/aromatic N) is 1. The highest BCUT2D eigenvalue weighted by Gasteiger charge is 2.22. The van der Waals surface area contributed by atoms with E-state index in [4.69, 9.17) is 0 Å². The number of carbonyl (C=O) groups is 1.